The van der Waals surface area contributed by atoms with Gasteiger partial charge in [0.1, 0.15) is 17.2 Å². The van der Waals surface area contributed by atoms with E-state index in [2.05, 4.69) is 10.3 Å². The Balaban J connectivity index is 2.41. The molecule has 0 bridgehead atoms. The van der Waals surface area contributed by atoms with Gasteiger partial charge in [-0.2, -0.15) is 0 Å². The fourth-order valence-electron chi connectivity index (χ4n) is 2.26. The first-order chi connectivity index (χ1) is 11.2. The highest BCUT2D eigenvalue weighted by Gasteiger charge is 2.31. The molecule has 1 heterocycles. The molecule has 0 saturated carbocycles. The summed E-state index contributed by atoms with van der Waals surface area (Å²) in [6.45, 7) is 7.16. The summed E-state index contributed by atoms with van der Waals surface area (Å²) in [5, 5.41) is 13.9. The van der Waals surface area contributed by atoms with Crippen molar-refractivity contribution in [1.82, 2.24) is 4.98 Å². The molecule has 0 fully saturated rings. The molecule has 0 spiro atoms. The Morgan fingerprint density at radius 2 is 1.75 bits per heavy atom. The molecule has 1 amide bonds. The van der Waals surface area contributed by atoms with Gasteiger partial charge in [-0.1, -0.05) is 39.0 Å². The highest BCUT2D eigenvalue weighted by molar-refractivity contribution is 5.94. The number of ether oxygens (including phenoxy) is 1. The molecular formula is C19H24N2O3. The molecule has 2 rings (SSSR count). The molecule has 2 aromatic rings. The summed E-state index contributed by atoms with van der Waals surface area (Å²) in [6.07, 6.45) is 1.59. The van der Waals surface area contributed by atoms with Crippen LogP contribution in [0.3, 0.4) is 0 Å². The van der Waals surface area contributed by atoms with Crippen molar-refractivity contribution in [3.63, 3.8) is 0 Å². The normalized spacial score (nSPS) is 13.9. The molecule has 128 valence electrons. The Morgan fingerprint density at radius 1 is 1.12 bits per heavy atom. The monoisotopic (exact) mass is 328 g/mol. The number of methoxy groups -OCH3 is 1. The number of rotatable bonds is 4. The van der Waals surface area contributed by atoms with Crippen molar-refractivity contribution < 1.29 is 14.6 Å². The topological polar surface area (TPSA) is 71.5 Å². The summed E-state index contributed by atoms with van der Waals surface area (Å²) >= 11 is 0. The van der Waals surface area contributed by atoms with E-state index in [1.807, 2.05) is 20.8 Å². The first-order valence-electron chi connectivity index (χ1n) is 7.80. The van der Waals surface area contributed by atoms with Crippen LogP contribution in [0.4, 0.5) is 5.82 Å². The van der Waals surface area contributed by atoms with Crippen LogP contribution in [-0.4, -0.2) is 23.1 Å². The number of hydrogen-bond donors (Lipinski definition) is 2. The van der Waals surface area contributed by atoms with Gasteiger partial charge in [0.2, 0.25) is 5.91 Å². The van der Waals surface area contributed by atoms with Crippen LogP contribution in [0.25, 0.3) is 0 Å². The minimum Gasteiger partial charge on any atom is -0.497 e. The molecule has 2 N–H and O–H groups in total. The SMILES string of the molecule is COc1ccc(C(C)(O)c2cccnc2NC(=O)C(C)(C)C)cc1. The number of aromatic nitrogens is 1. The van der Waals surface area contributed by atoms with E-state index in [0.717, 1.165) is 0 Å². The third-order valence-electron chi connectivity index (χ3n) is 3.90. The van der Waals surface area contributed by atoms with E-state index in [-0.39, 0.29) is 5.91 Å². The number of carbonyl (C=O) groups is 1. The maximum absolute atomic E-state index is 12.3. The van der Waals surface area contributed by atoms with E-state index in [1.54, 1.807) is 56.6 Å². The van der Waals surface area contributed by atoms with Gasteiger partial charge in [-0.25, -0.2) is 4.98 Å². The number of amides is 1. The molecular weight excluding hydrogens is 304 g/mol. The van der Waals surface area contributed by atoms with Crippen LogP contribution in [0, 0.1) is 5.41 Å². The van der Waals surface area contributed by atoms with E-state index in [9.17, 15) is 9.90 Å². The van der Waals surface area contributed by atoms with Crippen LogP contribution in [0.2, 0.25) is 0 Å². The van der Waals surface area contributed by atoms with Crippen molar-refractivity contribution >= 4 is 11.7 Å². The van der Waals surface area contributed by atoms with Crippen LogP contribution in [0.1, 0.15) is 38.8 Å². The summed E-state index contributed by atoms with van der Waals surface area (Å²) in [5.41, 5.74) is -0.641. The predicted octanol–water partition coefficient (Wildman–Crippen LogP) is 3.33. The Kier molecular flexibility index (Phi) is 4.94. The summed E-state index contributed by atoms with van der Waals surface area (Å²) in [6, 6.07) is 10.7. The summed E-state index contributed by atoms with van der Waals surface area (Å²) in [4.78, 5) is 16.5. The summed E-state index contributed by atoms with van der Waals surface area (Å²) in [5.74, 6) is 0.910. The van der Waals surface area contributed by atoms with Gasteiger partial charge in [0.05, 0.1) is 7.11 Å². The zero-order chi connectivity index (χ0) is 18.0. The zero-order valence-corrected chi connectivity index (χ0v) is 14.8. The van der Waals surface area contributed by atoms with Crippen LogP contribution in [-0.2, 0) is 10.4 Å². The third kappa shape index (κ3) is 3.74. The fourth-order valence-corrected chi connectivity index (χ4v) is 2.26. The fraction of sp³-hybridized carbons (Fsp3) is 0.368. The van der Waals surface area contributed by atoms with Crippen molar-refractivity contribution in [1.29, 1.82) is 0 Å². The molecule has 1 atom stereocenters. The second-order valence-electron chi connectivity index (χ2n) is 6.90. The number of hydrogen-bond acceptors (Lipinski definition) is 4. The van der Waals surface area contributed by atoms with Crippen LogP contribution < -0.4 is 10.1 Å². The number of anilines is 1. The molecule has 1 aromatic carbocycles. The number of pyridine rings is 1. The first-order valence-corrected chi connectivity index (χ1v) is 7.80. The smallest absolute Gasteiger partial charge is 0.230 e. The summed E-state index contributed by atoms with van der Waals surface area (Å²) in [7, 11) is 1.59. The van der Waals surface area contributed by atoms with E-state index >= 15 is 0 Å². The van der Waals surface area contributed by atoms with Crippen molar-refractivity contribution in [2.75, 3.05) is 12.4 Å². The number of aliphatic hydroxyl groups is 1. The van der Waals surface area contributed by atoms with E-state index in [4.69, 9.17) is 4.74 Å². The van der Waals surface area contributed by atoms with Crippen molar-refractivity contribution in [3.05, 3.63) is 53.7 Å². The number of benzene rings is 1. The van der Waals surface area contributed by atoms with Crippen molar-refractivity contribution in [3.8, 4) is 5.75 Å². The van der Waals surface area contributed by atoms with Crippen LogP contribution in [0.15, 0.2) is 42.6 Å². The van der Waals surface area contributed by atoms with Gasteiger partial charge in [0.15, 0.2) is 0 Å². The lowest BCUT2D eigenvalue weighted by atomic mass is 9.88. The van der Waals surface area contributed by atoms with Gasteiger partial charge in [0, 0.05) is 17.2 Å². The number of nitrogens with one attached hydrogen (secondary N) is 1. The molecule has 5 heteroatoms. The Labute approximate surface area is 142 Å². The maximum atomic E-state index is 12.3. The van der Waals surface area contributed by atoms with Crippen LogP contribution >= 0.6 is 0 Å². The molecule has 0 radical (unpaired) electrons. The second kappa shape index (κ2) is 6.61. The molecule has 1 aromatic heterocycles. The van der Waals surface area contributed by atoms with Gasteiger partial charge >= 0.3 is 0 Å². The highest BCUT2D eigenvalue weighted by Crippen LogP contribution is 2.34. The van der Waals surface area contributed by atoms with Gasteiger partial charge in [-0.05, 0) is 30.7 Å². The average molecular weight is 328 g/mol. The van der Waals surface area contributed by atoms with Crippen molar-refractivity contribution in [2.45, 2.75) is 33.3 Å². The molecule has 1 unspecified atom stereocenters. The minimum absolute atomic E-state index is 0.159. The molecule has 0 aliphatic rings. The lowest BCUT2D eigenvalue weighted by Gasteiger charge is -2.27. The van der Waals surface area contributed by atoms with E-state index < -0.39 is 11.0 Å². The molecule has 24 heavy (non-hydrogen) atoms. The predicted molar refractivity (Wildman–Crippen MR) is 94.0 cm³/mol. The Bertz CT molecular complexity index is 716. The lowest BCUT2D eigenvalue weighted by molar-refractivity contribution is -0.123. The quantitative estimate of drug-likeness (QED) is 0.903. The van der Waals surface area contributed by atoms with Gasteiger partial charge in [-0.3, -0.25) is 4.79 Å². The maximum Gasteiger partial charge on any atom is 0.230 e. The third-order valence-corrected chi connectivity index (χ3v) is 3.90. The standard InChI is InChI=1S/C19H24N2O3/c1-18(2,3)17(22)21-16-15(7-6-12-20-16)19(4,23)13-8-10-14(24-5)11-9-13/h6-12,23H,1-5H3,(H,20,21,22). The Morgan fingerprint density at radius 3 is 2.29 bits per heavy atom. The lowest BCUT2D eigenvalue weighted by Crippen LogP contribution is -2.31. The minimum atomic E-state index is -1.30. The zero-order valence-electron chi connectivity index (χ0n) is 14.8. The molecule has 5 nitrogen and oxygen atoms in total. The summed E-state index contributed by atoms with van der Waals surface area (Å²) < 4.78 is 5.15. The Hall–Kier alpha value is -2.40. The number of nitrogens with zero attached hydrogens (tertiary/aromatic N) is 1. The highest BCUT2D eigenvalue weighted by atomic mass is 16.5. The van der Waals surface area contributed by atoms with E-state index in [1.165, 1.54) is 0 Å². The molecule has 0 aliphatic carbocycles. The first kappa shape index (κ1) is 17.9. The van der Waals surface area contributed by atoms with Gasteiger partial charge in [-0.15, -0.1) is 0 Å². The molecule has 0 saturated heterocycles. The van der Waals surface area contributed by atoms with Gasteiger partial charge in [0.25, 0.3) is 0 Å². The molecule has 0 aliphatic heterocycles. The van der Waals surface area contributed by atoms with E-state index in [0.29, 0.717) is 22.7 Å². The number of carbonyl (C=O) groups excluding carboxylic acids is 1. The van der Waals surface area contributed by atoms with Gasteiger partial charge < -0.3 is 15.2 Å². The van der Waals surface area contributed by atoms with Crippen molar-refractivity contribution in [2.24, 2.45) is 5.41 Å². The second-order valence-corrected chi connectivity index (χ2v) is 6.90. The van der Waals surface area contributed by atoms with Crippen LogP contribution in [0.5, 0.6) is 5.75 Å². The average Bonchev–Trinajstić information content (AvgIpc) is 2.54. The largest absolute Gasteiger partial charge is 0.497 e.